The van der Waals surface area contributed by atoms with Crippen LogP contribution in [0.2, 0.25) is 5.02 Å². The summed E-state index contributed by atoms with van der Waals surface area (Å²) in [7, 11) is 0. The maximum absolute atomic E-state index is 5.95. The van der Waals surface area contributed by atoms with Crippen LogP contribution in [0.25, 0.3) is 0 Å². The summed E-state index contributed by atoms with van der Waals surface area (Å²) >= 11 is 9.50. The number of hydrogen-bond donors (Lipinski definition) is 1. The quantitative estimate of drug-likeness (QED) is 0.804. The summed E-state index contributed by atoms with van der Waals surface area (Å²) in [5.74, 6) is 0. The summed E-state index contributed by atoms with van der Waals surface area (Å²) in [5.41, 5.74) is 4.82. The molecule has 94 valence electrons. The van der Waals surface area contributed by atoms with Gasteiger partial charge in [0.05, 0.1) is 0 Å². The molecule has 1 N–H and O–H groups in total. The van der Waals surface area contributed by atoms with E-state index < -0.39 is 0 Å². The Kier molecular flexibility index (Phi) is 4.31. The number of aryl methyl sites for hydroxylation is 2. The van der Waals surface area contributed by atoms with E-state index in [4.69, 9.17) is 11.6 Å². The van der Waals surface area contributed by atoms with E-state index in [1.54, 1.807) is 0 Å². The molecule has 0 aromatic heterocycles. The molecule has 0 aliphatic carbocycles. The highest BCUT2D eigenvalue weighted by atomic mass is 79.9. The van der Waals surface area contributed by atoms with E-state index in [0.29, 0.717) is 0 Å². The van der Waals surface area contributed by atoms with E-state index >= 15 is 0 Å². The van der Waals surface area contributed by atoms with Gasteiger partial charge >= 0.3 is 0 Å². The van der Waals surface area contributed by atoms with E-state index in [9.17, 15) is 0 Å². The average molecular weight is 325 g/mol. The maximum Gasteiger partial charge on any atom is 0.0489 e. The highest BCUT2D eigenvalue weighted by Gasteiger charge is 2.02. The molecule has 0 spiro atoms. The fourth-order valence-electron chi connectivity index (χ4n) is 1.82. The van der Waals surface area contributed by atoms with Crippen molar-refractivity contribution in [2.45, 2.75) is 20.4 Å². The summed E-state index contributed by atoms with van der Waals surface area (Å²) in [6.07, 6.45) is 0. The van der Waals surface area contributed by atoms with Crippen LogP contribution < -0.4 is 5.32 Å². The van der Waals surface area contributed by atoms with Gasteiger partial charge in [0.15, 0.2) is 0 Å². The predicted molar refractivity (Wildman–Crippen MR) is 82.4 cm³/mol. The van der Waals surface area contributed by atoms with Crippen molar-refractivity contribution in [3.63, 3.8) is 0 Å². The summed E-state index contributed by atoms with van der Waals surface area (Å²) in [6.45, 7) is 4.96. The zero-order chi connectivity index (χ0) is 13.1. The Hall–Kier alpha value is -0.990. The third-order valence-corrected chi connectivity index (χ3v) is 3.82. The van der Waals surface area contributed by atoms with Gasteiger partial charge in [-0.1, -0.05) is 23.7 Å². The largest absolute Gasteiger partial charge is 0.380 e. The third-order valence-electron chi connectivity index (χ3n) is 2.90. The molecular weight excluding hydrogens is 310 g/mol. The van der Waals surface area contributed by atoms with Crippen molar-refractivity contribution in [1.29, 1.82) is 0 Å². The second-order valence-electron chi connectivity index (χ2n) is 4.41. The molecular formula is C15H15BrClN. The molecule has 2 aromatic carbocycles. The van der Waals surface area contributed by atoms with Gasteiger partial charge in [-0.15, -0.1) is 0 Å². The molecule has 0 aliphatic heterocycles. The molecule has 0 radical (unpaired) electrons. The molecule has 0 unspecified atom stereocenters. The molecule has 0 aliphatic rings. The first-order valence-corrected chi connectivity index (χ1v) is 6.98. The smallest absolute Gasteiger partial charge is 0.0489 e. The standard InChI is InChI=1S/C15H15BrClN/c1-10-3-6-14(16)15(7-10)18-9-12-4-5-13(17)8-11(12)2/h3-8,18H,9H2,1-2H3. The Morgan fingerprint density at radius 2 is 1.89 bits per heavy atom. The molecule has 18 heavy (non-hydrogen) atoms. The van der Waals surface area contributed by atoms with Crippen molar-refractivity contribution < 1.29 is 0 Å². The molecule has 0 bridgehead atoms. The van der Waals surface area contributed by atoms with Gasteiger partial charge in [-0.2, -0.15) is 0 Å². The Morgan fingerprint density at radius 1 is 1.11 bits per heavy atom. The number of benzene rings is 2. The average Bonchev–Trinajstić information content (AvgIpc) is 2.32. The highest BCUT2D eigenvalue weighted by molar-refractivity contribution is 9.10. The Labute approximate surface area is 121 Å². The SMILES string of the molecule is Cc1ccc(Br)c(NCc2ccc(Cl)cc2C)c1. The molecule has 2 rings (SSSR count). The lowest BCUT2D eigenvalue weighted by molar-refractivity contribution is 1.11. The van der Waals surface area contributed by atoms with Gasteiger partial charge in [0.1, 0.15) is 0 Å². The number of rotatable bonds is 3. The summed E-state index contributed by atoms with van der Waals surface area (Å²) in [6, 6.07) is 12.3. The molecule has 1 nitrogen and oxygen atoms in total. The molecule has 0 saturated heterocycles. The molecule has 0 heterocycles. The van der Waals surface area contributed by atoms with Crippen LogP contribution in [-0.4, -0.2) is 0 Å². The molecule has 2 aromatic rings. The summed E-state index contributed by atoms with van der Waals surface area (Å²) < 4.78 is 1.08. The monoisotopic (exact) mass is 323 g/mol. The van der Waals surface area contributed by atoms with E-state index in [0.717, 1.165) is 21.7 Å². The van der Waals surface area contributed by atoms with Crippen molar-refractivity contribution in [3.05, 3.63) is 62.6 Å². The van der Waals surface area contributed by atoms with Gasteiger partial charge in [-0.3, -0.25) is 0 Å². The normalized spacial score (nSPS) is 10.4. The van der Waals surface area contributed by atoms with E-state index in [1.807, 2.05) is 12.1 Å². The highest BCUT2D eigenvalue weighted by Crippen LogP contribution is 2.24. The minimum atomic E-state index is 0.785. The van der Waals surface area contributed by atoms with Crippen LogP contribution in [0, 0.1) is 13.8 Å². The summed E-state index contributed by atoms with van der Waals surface area (Å²) in [4.78, 5) is 0. The first-order chi connectivity index (χ1) is 8.56. The van der Waals surface area contributed by atoms with Crippen LogP contribution in [-0.2, 0) is 6.54 Å². The van der Waals surface area contributed by atoms with Crippen molar-refractivity contribution in [2.24, 2.45) is 0 Å². The van der Waals surface area contributed by atoms with Crippen molar-refractivity contribution in [3.8, 4) is 0 Å². The first-order valence-electron chi connectivity index (χ1n) is 5.81. The van der Waals surface area contributed by atoms with E-state index in [-0.39, 0.29) is 0 Å². The lowest BCUT2D eigenvalue weighted by atomic mass is 10.1. The van der Waals surface area contributed by atoms with Gasteiger partial charge in [-0.05, 0) is 70.7 Å². The zero-order valence-corrected chi connectivity index (χ0v) is 12.8. The van der Waals surface area contributed by atoms with Crippen LogP contribution >= 0.6 is 27.5 Å². The van der Waals surface area contributed by atoms with Crippen LogP contribution in [0.4, 0.5) is 5.69 Å². The fraction of sp³-hybridized carbons (Fsp3) is 0.200. The lowest BCUT2D eigenvalue weighted by Gasteiger charge is -2.11. The first kappa shape index (κ1) is 13.4. The molecule has 0 fully saturated rings. The van der Waals surface area contributed by atoms with Gasteiger partial charge in [0.25, 0.3) is 0 Å². The summed E-state index contributed by atoms with van der Waals surface area (Å²) in [5, 5.41) is 4.23. The molecule has 0 amide bonds. The number of halogens is 2. The number of hydrogen-bond acceptors (Lipinski definition) is 1. The van der Waals surface area contributed by atoms with Crippen molar-refractivity contribution >= 4 is 33.2 Å². The van der Waals surface area contributed by atoms with Crippen LogP contribution in [0.1, 0.15) is 16.7 Å². The Morgan fingerprint density at radius 3 is 2.61 bits per heavy atom. The second-order valence-corrected chi connectivity index (χ2v) is 5.70. The number of nitrogens with one attached hydrogen (secondary N) is 1. The van der Waals surface area contributed by atoms with E-state index in [2.05, 4.69) is 59.4 Å². The minimum Gasteiger partial charge on any atom is -0.380 e. The predicted octanol–water partition coefficient (Wildman–Crippen LogP) is 5.33. The Bertz CT molecular complexity index is 566. The van der Waals surface area contributed by atoms with Crippen molar-refractivity contribution in [1.82, 2.24) is 0 Å². The van der Waals surface area contributed by atoms with Crippen LogP contribution in [0.5, 0.6) is 0 Å². The van der Waals surface area contributed by atoms with Crippen molar-refractivity contribution in [2.75, 3.05) is 5.32 Å². The lowest BCUT2D eigenvalue weighted by Crippen LogP contribution is -2.02. The zero-order valence-electron chi connectivity index (χ0n) is 10.4. The van der Waals surface area contributed by atoms with Gasteiger partial charge in [0.2, 0.25) is 0 Å². The fourth-order valence-corrected chi connectivity index (χ4v) is 2.44. The topological polar surface area (TPSA) is 12.0 Å². The number of anilines is 1. The Balaban J connectivity index is 2.13. The van der Waals surface area contributed by atoms with Crippen LogP contribution in [0.15, 0.2) is 40.9 Å². The molecule has 3 heteroatoms. The van der Waals surface area contributed by atoms with E-state index in [1.165, 1.54) is 16.7 Å². The van der Waals surface area contributed by atoms with Gasteiger partial charge < -0.3 is 5.32 Å². The second kappa shape index (κ2) is 5.77. The van der Waals surface area contributed by atoms with Crippen LogP contribution in [0.3, 0.4) is 0 Å². The third kappa shape index (κ3) is 3.27. The van der Waals surface area contributed by atoms with Gasteiger partial charge in [0, 0.05) is 21.7 Å². The van der Waals surface area contributed by atoms with Gasteiger partial charge in [-0.25, -0.2) is 0 Å². The molecule has 0 atom stereocenters. The maximum atomic E-state index is 5.95. The molecule has 0 saturated carbocycles. The minimum absolute atomic E-state index is 0.785.